The summed E-state index contributed by atoms with van der Waals surface area (Å²) in [6, 6.07) is 0. The zero-order chi connectivity index (χ0) is 64.0. The van der Waals surface area contributed by atoms with E-state index in [9.17, 15) is 68.0 Å². The molecule has 1 amide bonds. The van der Waals surface area contributed by atoms with Crippen LogP contribution in [0.3, 0.4) is 0 Å². The number of fused-ring (bicyclic) bond motifs is 13. The van der Waals surface area contributed by atoms with E-state index in [0.29, 0.717) is 38.3 Å². The summed E-state index contributed by atoms with van der Waals surface area (Å²) in [5.74, 6) is -9.40. The molecule has 86 heavy (non-hydrogen) atoms. The molecule has 9 atom stereocenters. The van der Waals surface area contributed by atoms with Crippen LogP contribution in [0, 0.1) is 36.5 Å². The van der Waals surface area contributed by atoms with Gasteiger partial charge < -0.3 is 73.5 Å². The van der Waals surface area contributed by atoms with E-state index in [1.165, 1.54) is 53.2 Å². The van der Waals surface area contributed by atoms with Crippen LogP contribution in [0.4, 0.5) is 5.69 Å². The van der Waals surface area contributed by atoms with Crippen molar-refractivity contribution in [2.45, 2.75) is 162 Å². The van der Waals surface area contributed by atoms with Gasteiger partial charge in [0.25, 0.3) is 11.7 Å². The summed E-state index contributed by atoms with van der Waals surface area (Å²) in [6.07, 6.45) is 3.90. The number of hydrogen-bond acceptors (Lipinski definition) is 20. The van der Waals surface area contributed by atoms with E-state index in [2.05, 4.69) is 24.1 Å². The van der Waals surface area contributed by atoms with E-state index in [1.807, 2.05) is 0 Å². The first-order valence-corrected chi connectivity index (χ1v) is 32.6. The number of carbonyl (C=O) groups is 5. The van der Waals surface area contributed by atoms with Gasteiger partial charge in [-0.05, 0) is 51.6 Å². The third-order valence-electron chi connectivity index (χ3n) is 16.6. The largest absolute Gasteiger partial charge is 0.507 e. The first-order valence-electron chi connectivity index (χ1n) is 29.3. The van der Waals surface area contributed by atoms with Crippen molar-refractivity contribution in [2.75, 3.05) is 58.3 Å². The fraction of sp³-hybridized carbons (Fsp3) is 0.644. The highest BCUT2D eigenvalue weighted by atomic mass is 31.2. The summed E-state index contributed by atoms with van der Waals surface area (Å²) >= 11 is 0. The Hall–Kier alpha value is -5.59. The van der Waals surface area contributed by atoms with Gasteiger partial charge in [-0.25, -0.2) is 0 Å². The van der Waals surface area contributed by atoms with E-state index in [4.69, 9.17) is 38.4 Å². The van der Waals surface area contributed by atoms with Crippen molar-refractivity contribution in [3.63, 3.8) is 0 Å². The van der Waals surface area contributed by atoms with Crippen molar-refractivity contribution in [1.82, 2.24) is 9.80 Å². The van der Waals surface area contributed by atoms with Gasteiger partial charge in [-0.15, -0.1) is 0 Å². The van der Waals surface area contributed by atoms with Crippen molar-refractivity contribution < 1.29 is 96.4 Å². The summed E-state index contributed by atoms with van der Waals surface area (Å²) in [7, 11) is -8.99. The van der Waals surface area contributed by atoms with Crippen LogP contribution in [0.5, 0.6) is 17.2 Å². The van der Waals surface area contributed by atoms with E-state index in [1.54, 1.807) is 51.7 Å². The van der Waals surface area contributed by atoms with E-state index >= 15 is 0 Å². The predicted molar refractivity (Wildman–Crippen MR) is 316 cm³/mol. The Morgan fingerprint density at radius 2 is 1.52 bits per heavy atom. The number of aromatic hydroxyl groups is 2. The van der Waals surface area contributed by atoms with Crippen LogP contribution in [0.1, 0.15) is 130 Å². The van der Waals surface area contributed by atoms with Gasteiger partial charge in [-0.1, -0.05) is 73.1 Å². The molecule has 27 heteroatoms. The van der Waals surface area contributed by atoms with Crippen molar-refractivity contribution in [1.29, 1.82) is 0 Å². The number of likely N-dealkylation sites (tertiary alicyclic amines) is 1. The maximum Gasteiger partial charge on any atom is 0.340 e. The van der Waals surface area contributed by atoms with Crippen molar-refractivity contribution >= 4 is 61.2 Å². The lowest BCUT2D eigenvalue weighted by Crippen LogP contribution is -2.48. The zero-order valence-electron chi connectivity index (χ0n) is 51.2. The predicted octanol–water partition coefficient (Wildman–Crippen LogP) is 5.80. The van der Waals surface area contributed by atoms with Crippen LogP contribution in [-0.2, 0) is 52.0 Å². The molecular formula is C59H87N5O20P2. The maximum absolute atomic E-state index is 15.0. The zero-order valence-corrected chi connectivity index (χ0v) is 53.0. The number of phenolic OH excluding ortho intramolecular Hbond substituents is 2. The second-order valence-corrected chi connectivity index (χ2v) is 27.8. The van der Waals surface area contributed by atoms with Crippen LogP contribution in [-0.4, -0.2) is 169 Å². The molecule has 1 saturated heterocycles. The number of aliphatic hydroxyl groups is 1. The number of nitrogens with one attached hydrogen (secondary N) is 1. The molecule has 2 aromatic rings. The van der Waals surface area contributed by atoms with E-state index in [0.717, 1.165) is 6.54 Å². The molecule has 0 unspecified atom stereocenters. The number of anilines is 1. The summed E-state index contributed by atoms with van der Waals surface area (Å²) in [5.41, 5.74) is -1.03. The maximum atomic E-state index is 15.0. The van der Waals surface area contributed by atoms with Crippen LogP contribution in [0.25, 0.3) is 10.8 Å². The quantitative estimate of drug-likeness (QED) is 0.0271. The molecule has 0 aromatic heterocycles. The van der Waals surface area contributed by atoms with Crippen molar-refractivity contribution in [2.24, 2.45) is 39.6 Å². The molecule has 8 N–H and O–H groups in total. The Morgan fingerprint density at radius 3 is 2.13 bits per heavy atom. The highest BCUT2D eigenvalue weighted by Gasteiger charge is 2.51. The third kappa shape index (κ3) is 16.2. The summed E-state index contributed by atoms with van der Waals surface area (Å²) < 4.78 is 59.9. The number of phenols is 2. The normalized spacial score (nSPS) is 27.0. The molecule has 0 radical (unpaired) electrons. The van der Waals surface area contributed by atoms with Gasteiger partial charge in [0.2, 0.25) is 0 Å². The topological polar surface area (TPSA) is 360 Å². The number of Topliss-reactive ketones (excluding diaryl/α,β-unsaturated/α-hetero) is 1. The molecule has 5 heterocycles. The Kier molecular flexibility index (Phi) is 23.2. The standard InChI is InChI=1S/C59H87N5O20P2/c1-13-17-41(66)80-29-27-63(24-15-14-20-43(85(73,74)75)86(76,77)78)31-42(67)83-53-33(4)18-16-19-34(5)57(72)60-49-48-47(61-59(62-48)22-25-64(26-23-59)30-32(2)3)44-45(52(49)70)51(69)38(9)55-46(44)56(71)58(11,84-55)81-28-21-40(79-12)35(6)54(82-39(10)65)37(8)50(68)36(53)7/h16,18-19,21,28,32-33,35-37,40,43,50,53-54,68-70H,13-15,17,20,22-27,29-31H2,1-12H3,(H,60,72)(H2,73,74,75)(H2,76,77,78)/b18-16+,28-21+,34-19-/t33-,35+,36-,37+,40-,50+,53-,54+,58-/m0/s1. The molecule has 1 fully saturated rings. The lowest BCUT2D eigenvalue weighted by molar-refractivity contribution is -0.166. The van der Waals surface area contributed by atoms with Crippen LogP contribution in [0.2, 0.25) is 0 Å². The first kappa shape index (κ1) is 69.5. The molecular weight excluding hydrogens is 1160 g/mol. The van der Waals surface area contributed by atoms with E-state index < -0.39 is 134 Å². The van der Waals surface area contributed by atoms with Gasteiger partial charge in [-0.2, -0.15) is 0 Å². The lowest BCUT2D eigenvalue weighted by atomic mass is 9.78. The number of amides is 1. The Morgan fingerprint density at radius 1 is 0.884 bits per heavy atom. The van der Waals surface area contributed by atoms with E-state index in [-0.39, 0.29) is 88.6 Å². The number of piperidine rings is 1. The molecule has 5 aliphatic rings. The van der Waals surface area contributed by atoms with Crippen LogP contribution in [0.15, 0.2) is 46.1 Å². The number of carbonyl (C=O) groups excluding carboxylic acids is 5. The molecule has 1 spiro atoms. The number of allylic oxidation sites excluding steroid dienone is 2. The summed E-state index contributed by atoms with van der Waals surface area (Å²) in [4.78, 5) is 122. The van der Waals surface area contributed by atoms with Crippen molar-refractivity contribution in [3.8, 4) is 17.2 Å². The van der Waals surface area contributed by atoms with Crippen molar-refractivity contribution in [3.05, 3.63) is 58.0 Å². The fourth-order valence-electron chi connectivity index (χ4n) is 11.8. The number of unbranched alkanes of at least 4 members (excludes halogenated alkanes) is 1. The van der Waals surface area contributed by atoms with Crippen LogP contribution < -0.4 is 20.8 Å². The molecule has 0 saturated carbocycles. The Balaban J connectivity index is 1.43. The number of rotatable bonds is 19. The number of esters is 3. The average Bonchev–Trinajstić information content (AvgIpc) is 1.52. The second-order valence-electron chi connectivity index (χ2n) is 23.8. The number of nitrogens with zero attached hydrogens (tertiary/aromatic N) is 4. The Labute approximate surface area is 501 Å². The molecule has 7 rings (SSSR count). The smallest absolute Gasteiger partial charge is 0.340 e. The molecule has 5 aliphatic heterocycles. The SMILES string of the molecule is CCCC(=O)OCCN(CCCCC(P(=O)(O)O)P(=O)(O)O)CC(=O)O[C@@H]1[C@@H](C)[C@@H](O)[C@@H](C)[C@H](OC(C)=O)[C@H](C)[C@@H](OC)/C=C/O[C@@]2(C)Oc3c(C)c(O)c4c(O)c(c5c(c4c3C2=O)=NC2(CCN(CC(C)C)CC2)N=5)NC(=O)/C(C)=C\C=C\[C@@H]1C. The van der Waals surface area contributed by atoms with Gasteiger partial charge in [0.15, 0.2) is 16.8 Å². The Bertz CT molecular complexity index is 3160. The summed E-state index contributed by atoms with van der Waals surface area (Å²) in [6.45, 7) is 19.9. The average molecular weight is 1250 g/mol. The molecule has 25 nitrogen and oxygen atoms in total. The molecule has 2 aromatic carbocycles. The molecule has 0 aliphatic carbocycles. The first-order chi connectivity index (χ1) is 40.2. The second kappa shape index (κ2) is 28.7. The minimum Gasteiger partial charge on any atom is -0.507 e. The number of methoxy groups -OCH3 is 1. The van der Waals surface area contributed by atoms with Gasteiger partial charge in [0.05, 0.1) is 41.3 Å². The molecule has 5 bridgehead atoms. The minimum absolute atomic E-state index is 0.0134. The number of benzene rings is 2. The lowest BCUT2D eigenvalue weighted by Gasteiger charge is -2.39. The van der Waals surface area contributed by atoms with Gasteiger partial charge in [-0.3, -0.25) is 48.0 Å². The number of aliphatic hydroxyl groups excluding tert-OH is 1. The van der Waals surface area contributed by atoms with Gasteiger partial charge >= 0.3 is 38.9 Å². The van der Waals surface area contributed by atoms with Gasteiger partial charge in [0, 0.05) is 107 Å². The van der Waals surface area contributed by atoms with Crippen LogP contribution >= 0.6 is 15.2 Å². The number of hydrogen-bond donors (Lipinski definition) is 8. The fourth-order valence-corrected chi connectivity index (χ4v) is 14.4. The molecule has 478 valence electrons. The summed E-state index contributed by atoms with van der Waals surface area (Å²) in [5, 5.41) is 37.5. The highest BCUT2D eigenvalue weighted by Crippen LogP contribution is 2.61. The monoisotopic (exact) mass is 1250 g/mol. The van der Waals surface area contributed by atoms with Gasteiger partial charge in [0.1, 0.15) is 41.4 Å². The number of ketones is 1. The number of ether oxygens (including phenoxy) is 6. The third-order valence-corrected chi connectivity index (χ3v) is 20.4. The highest BCUT2D eigenvalue weighted by molar-refractivity contribution is 7.70. The minimum atomic E-state index is -5.20.